The van der Waals surface area contributed by atoms with Gasteiger partial charge in [0, 0.05) is 31.2 Å². The second kappa shape index (κ2) is 6.13. The molecule has 1 N–H and O–H groups in total. The zero-order chi connectivity index (χ0) is 13.2. The van der Waals surface area contributed by atoms with Crippen LogP contribution in [0.5, 0.6) is 0 Å². The Bertz CT molecular complexity index is 285. The summed E-state index contributed by atoms with van der Waals surface area (Å²) in [6.45, 7) is 7.43. The van der Waals surface area contributed by atoms with Crippen LogP contribution in [0, 0.1) is 11.8 Å². The maximum atomic E-state index is 3.99. The van der Waals surface area contributed by atoms with Crippen LogP contribution in [0.25, 0.3) is 0 Å². The molecule has 0 spiro atoms. The highest BCUT2D eigenvalue weighted by Crippen LogP contribution is 2.32. The monoisotopic (exact) mass is 264 g/mol. The standard InChI is InChI=1S/C17H32N2/c1-13(2)10-14-4-3-5-15(11-14)18-16-8-9-19(12-16)17-6-7-17/h13-18H,3-12H2,1-2H3. The minimum absolute atomic E-state index is 0.795. The Morgan fingerprint density at radius 1 is 1.05 bits per heavy atom. The zero-order valence-electron chi connectivity index (χ0n) is 12.9. The molecule has 0 aromatic rings. The van der Waals surface area contributed by atoms with Gasteiger partial charge < -0.3 is 5.32 Å². The summed E-state index contributed by atoms with van der Waals surface area (Å²) in [4.78, 5) is 2.73. The molecule has 2 heteroatoms. The van der Waals surface area contributed by atoms with Gasteiger partial charge in [-0.05, 0) is 50.4 Å². The smallest absolute Gasteiger partial charge is 0.0209 e. The van der Waals surface area contributed by atoms with Gasteiger partial charge in [0.25, 0.3) is 0 Å². The highest BCUT2D eigenvalue weighted by molar-refractivity contribution is 4.93. The lowest BCUT2D eigenvalue weighted by molar-refractivity contribution is 0.236. The van der Waals surface area contributed by atoms with Crippen LogP contribution in [0.2, 0.25) is 0 Å². The summed E-state index contributed by atoms with van der Waals surface area (Å²) in [5.41, 5.74) is 0. The molecule has 3 rings (SSSR count). The normalized spacial score (nSPS) is 37.1. The molecule has 0 radical (unpaired) electrons. The predicted octanol–water partition coefficient (Wildman–Crippen LogP) is 3.42. The zero-order valence-corrected chi connectivity index (χ0v) is 12.9. The van der Waals surface area contributed by atoms with Gasteiger partial charge in [0.2, 0.25) is 0 Å². The van der Waals surface area contributed by atoms with E-state index in [4.69, 9.17) is 0 Å². The van der Waals surface area contributed by atoms with E-state index in [2.05, 4.69) is 24.1 Å². The lowest BCUT2D eigenvalue weighted by Crippen LogP contribution is -2.42. The maximum absolute atomic E-state index is 3.99. The second-order valence-electron chi connectivity index (χ2n) is 7.74. The Morgan fingerprint density at radius 2 is 1.89 bits per heavy atom. The Labute approximate surface area is 119 Å². The molecule has 3 aliphatic rings. The quantitative estimate of drug-likeness (QED) is 0.818. The van der Waals surface area contributed by atoms with E-state index >= 15 is 0 Å². The van der Waals surface area contributed by atoms with Crippen molar-refractivity contribution in [2.75, 3.05) is 13.1 Å². The Kier molecular flexibility index (Phi) is 4.48. The maximum Gasteiger partial charge on any atom is 0.0209 e. The Morgan fingerprint density at radius 3 is 2.63 bits per heavy atom. The van der Waals surface area contributed by atoms with Crippen molar-refractivity contribution in [2.45, 2.75) is 83.3 Å². The van der Waals surface area contributed by atoms with Crippen LogP contribution in [0.1, 0.15) is 65.2 Å². The van der Waals surface area contributed by atoms with Crippen LogP contribution < -0.4 is 5.32 Å². The van der Waals surface area contributed by atoms with E-state index in [-0.39, 0.29) is 0 Å². The number of likely N-dealkylation sites (tertiary alicyclic amines) is 1. The first-order chi connectivity index (χ1) is 9.20. The molecule has 3 unspecified atom stereocenters. The van der Waals surface area contributed by atoms with Crippen molar-refractivity contribution in [1.29, 1.82) is 0 Å². The van der Waals surface area contributed by atoms with E-state index in [0.29, 0.717) is 0 Å². The van der Waals surface area contributed by atoms with Gasteiger partial charge in [0.05, 0.1) is 0 Å². The lowest BCUT2D eigenvalue weighted by Gasteiger charge is -2.32. The van der Waals surface area contributed by atoms with E-state index in [1.807, 2.05) is 0 Å². The molecule has 2 saturated carbocycles. The third-order valence-corrected chi connectivity index (χ3v) is 5.34. The Hall–Kier alpha value is -0.0800. The van der Waals surface area contributed by atoms with Crippen molar-refractivity contribution in [3.8, 4) is 0 Å². The van der Waals surface area contributed by atoms with Crippen molar-refractivity contribution in [1.82, 2.24) is 10.2 Å². The van der Waals surface area contributed by atoms with Gasteiger partial charge >= 0.3 is 0 Å². The summed E-state index contributed by atoms with van der Waals surface area (Å²) >= 11 is 0. The largest absolute Gasteiger partial charge is 0.310 e. The van der Waals surface area contributed by atoms with Gasteiger partial charge in [0.1, 0.15) is 0 Å². The van der Waals surface area contributed by atoms with Crippen molar-refractivity contribution in [3.63, 3.8) is 0 Å². The van der Waals surface area contributed by atoms with Crippen LogP contribution in [0.15, 0.2) is 0 Å². The third kappa shape index (κ3) is 3.95. The molecule has 2 aliphatic carbocycles. The first kappa shape index (κ1) is 13.9. The molecule has 1 heterocycles. The average Bonchev–Trinajstić information content (AvgIpc) is 3.10. The average molecular weight is 264 g/mol. The van der Waals surface area contributed by atoms with E-state index in [1.54, 1.807) is 0 Å². The minimum Gasteiger partial charge on any atom is -0.310 e. The fourth-order valence-electron chi connectivity index (χ4n) is 4.35. The van der Waals surface area contributed by atoms with Crippen molar-refractivity contribution in [3.05, 3.63) is 0 Å². The second-order valence-corrected chi connectivity index (χ2v) is 7.74. The molecule has 0 aromatic carbocycles. The van der Waals surface area contributed by atoms with Gasteiger partial charge in [-0.15, -0.1) is 0 Å². The summed E-state index contributed by atoms with van der Waals surface area (Å²) < 4.78 is 0. The first-order valence-electron chi connectivity index (χ1n) is 8.71. The number of rotatable bonds is 5. The van der Waals surface area contributed by atoms with Gasteiger partial charge in [-0.2, -0.15) is 0 Å². The summed E-state index contributed by atoms with van der Waals surface area (Å²) in [6.07, 6.45) is 11.6. The van der Waals surface area contributed by atoms with Crippen LogP contribution >= 0.6 is 0 Å². The molecule has 0 aromatic heterocycles. The molecule has 110 valence electrons. The van der Waals surface area contributed by atoms with Crippen LogP contribution in [-0.2, 0) is 0 Å². The highest BCUT2D eigenvalue weighted by atomic mass is 15.2. The van der Waals surface area contributed by atoms with Crippen LogP contribution in [0.4, 0.5) is 0 Å². The lowest BCUT2D eigenvalue weighted by atomic mass is 9.81. The van der Waals surface area contributed by atoms with Crippen LogP contribution in [0.3, 0.4) is 0 Å². The van der Waals surface area contributed by atoms with Gasteiger partial charge in [-0.25, -0.2) is 0 Å². The van der Waals surface area contributed by atoms with Crippen molar-refractivity contribution >= 4 is 0 Å². The molecular formula is C17H32N2. The summed E-state index contributed by atoms with van der Waals surface area (Å²) in [6, 6.07) is 2.58. The van der Waals surface area contributed by atoms with E-state index in [0.717, 1.165) is 30.0 Å². The van der Waals surface area contributed by atoms with Gasteiger partial charge in [0.15, 0.2) is 0 Å². The third-order valence-electron chi connectivity index (χ3n) is 5.34. The molecule has 2 nitrogen and oxygen atoms in total. The van der Waals surface area contributed by atoms with E-state index in [1.165, 1.54) is 64.5 Å². The topological polar surface area (TPSA) is 15.3 Å². The summed E-state index contributed by atoms with van der Waals surface area (Å²) in [5, 5.41) is 3.99. The molecule has 19 heavy (non-hydrogen) atoms. The molecule has 3 atom stereocenters. The number of nitrogens with zero attached hydrogens (tertiary/aromatic N) is 1. The first-order valence-corrected chi connectivity index (χ1v) is 8.71. The summed E-state index contributed by atoms with van der Waals surface area (Å²) in [7, 11) is 0. The van der Waals surface area contributed by atoms with Gasteiger partial charge in [-0.1, -0.05) is 26.7 Å². The Balaban J connectivity index is 1.41. The molecule has 0 amide bonds. The highest BCUT2D eigenvalue weighted by Gasteiger charge is 2.35. The van der Waals surface area contributed by atoms with E-state index in [9.17, 15) is 0 Å². The molecular weight excluding hydrogens is 232 g/mol. The molecule has 1 saturated heterocycles. The van der Waals surface area contributed by atoms with Crippen molar-refractivity contribution in [2.24, 2.45) is 11.8 Å². The molecule has 0 bridgehead atoms. The minimum atomic E-state index is 0.795. The number of hydrogen-bond donors (Lipinski definition) is 1. The van der Waals surface area contributed by atoms with Crippen LogP contribution in [-0.4, -0.2) is 36.1 Å². The molecule has 1 aliphatic heterocycles. The fraction of sp³-hybridized carbons (Fsp3) is 1.00. The van der Waals surface area contributed by atoms with E-state index < -0.39 is 0 Å². The molecule has 3 fully saturated rings. The summed E-state index contributed by atoms with van der Waals surface area (Å²) in [5.74, 6) is 1.87. The fourth-order valence-corrected chi connectivity index (χ4v) is 4.35. The predicted molar refractivity (Wildman–Crippen MR) is 81.3 cm³/mol. The van der Waals surface area contributed by atoms with Crippen molar-refractivity contribution < 1.29 is 0 Å². The SMILES string of the molecule is CC(C)CC1CCCC(NC2CCN(C3CC3)C2)C1. The number of hydrogen-bond acceptors (Lipinski definition) is 2. The van der Waals surface area contributed by atoms with Gasteiger partial charge in [-0.3, -0.25) is 4.90 Å². The number of nitrogens with one attached hydrogen (secondary N) is 1.